The van der Waals surface area contributed by atoms with Crippen LogP contribution in [0, 0.1) is 0 Å². The molecule has 2 aromatic carbocycles. The number of nitrogens with two attached hydrogens (primary N) is 1. The zero-order valence-electron chi connectivity index (χ0n) is 11.9. The fourth-order valence-electron chi connectivity index (χ4n) is 1.90. The zero-order chi connectivity index (χ0) is 17.0. The van der Waals surface area contributed by atoms with Crippen LogP contribution in [0.25, 0.3) is 0 Å². The molecule has 4 N–H and O–H groups in total. The standard InChI is InChI=1S/C15H15ClN2O4S/c16-11-2-1-3-13(9-11)23(21,22)18-12-6-4-10(5-7-12)8-14(17)15(19)20/h1-7,9,14,18H,8,17H2,(H,19,20). The fraction of sp³-hybridized carbons (Fsp3) is 0.133. The Balaban J connectivity index is 2.13. The molecule has 122 valence electrons. The van der Waals surface area contributed by atoms with Crippen LogP contribution in [0.4, 0.5) is 5.69 Å². The van der Waals surface area contributed by atoms with Gasteiger partial charge in [0.15, 0.2) is 0 Å². The Morgan fingerprint density at radius 2 is 1.87 bits per heavy atom. The van der Waals surface area contributed by atoms with E-state index in [2.05, 4.69) is 4.72 Å². The van der Waals surface area contributed by atoms with Crippen LogP contribution in [-0.2, 0) is 21.2 Å². The summed E-state index contributed by atoms with van der Waals surface area (Å²) < 4.78 is 26.9. The van der Waals surface area contributed by atoms with Crippen LogP contribution in [-0.4, -0.2) is 25.5 Å². The number of rotatable bonds is 6. The first kappa shape index (κ1) is 17.3. The van der Waals surface area contributed by atoms with Crippen molar-refractivity contribution in [3.63, 3.8) is 0 Å². The summed E-state index contributed by atoms with van der Waals surface area (Å²) in [5.74, 6) is -1.09. The van der Waals surface area contributed by atoms with Gasteiger partial charge in [-0.2, -0.15) is 0 Å². The van der Waals surface area contributed by atoms with E-state index in [1.54, 1.807) is 36.4 Å². The number of benzene rings is 2. The first-order valence-electron chi connectivity index (χ1n) is 6.63. The summed E-state index contributed by atoms with van der Waals surface area (Å²) in [4.78, 5) is 10.8. The van der Waals surface area contributed by atoms with Gasteiger partial charge in [0.1, 0.15) is 6.04 Å². The third-order valence-corrected chi connectivity index (χ3v) is 4.70. The molecular weight excluding hydrogens is 340 g/mol. The summed E-state index contributed by atoms with van der Waals surface area (Å²) >= 11 is 5.80. The lowest BCUT2D eigenvalue weighted by molar-refractivity contribution is -0.138. The zero-order valence-corrected chi connectivity index (χ0v) is 13.5. The van der Waals surface area contributed by atoms with Crippen molar-refractivity contribution in [3.8, 4) is 0 Å². The van der Waals surface area contributed by atoms with Gasteiger partial charge in [0.2, 0.25) is 0 Å². The SMILES string of the molecule is NC(Cc1ccc(NS(=O)(=O)c2cccc(Cl)c2)cc1)C(=O)O. The van der Waals surface area contributed by atoms with E-state index in [-0.39, 0.29) is 11.3 Å². The number of anilines is 1. The summed E-state index contributed by atoms with van der Waals surface area (Å²) in [6.45, 7) is 0. The molecule has 1 unspecified atom stereocenters. The molecule has 1 atom stereocenters. The molecule has 0 aliphatic heterocycles. The number of hydrogen-bond donors (Lipinski definition) is 3. The molecule has 0 aliphatic carbocycles. The highest BCUT2D eigenvalue weighted by Gasteiger charge is 2.15. The van der Waals surface area contributed by atoms with Crippen LogP contribution >= 0.6 is 11.6 Å². The number of sulfonamides is 1. The Kier molecular flexibility index (Phi) is 5.25. The van der Waals surface area contributed by atoms with Crippen LogP contribution in [0.1, 0.15) is 5.56 Å². The lowest BCUT2D eigenvalue weighted by atomic mass is 10.1. The second-order valence-corrected chi connectivity index (χ2v) is 7.03. The van der Waals surface area contributed by atoms with E-state index in [0.29, 0.717) is 16.3 Å². The number of halogens is 1. The summed E-state index contributed by atoms with van der Waals surface area (Å²) in [6.07, 6.45) is 0.163. The highest BCUT2D eigenvalue weighted by atomic mass is 35.5. The molecule has 0 saturated carbocycles. The molecule has 2 rings (SSSR count). The van der Waals surface area contributed by atoms with E-state index in [1.165, 1.54) is 12.1 Å². The van der Waals surface area contributed by atoms with Gasteiger partial charge in [-0.15, -0.1) is 0 Å². The lowest BCUT2D eigenvalue weighted by Crippen LogP contribution is -2.32. The summed E-state index contributed by atoms with van der Waals surface area (Å²) in [5, 5.41) is 9.10. The van der Waals surface area contributed by atoms with E-state index in [1.807, 2.05) is 0 Å². The minimum absolute atomic E-state index is 0.0574. The van der Waals surface area contributed by atoms with E-state index in [9.17, 15) is 13.2 Å². The monoisotopic (exact) mass is 354 g/mol. The molecule has 0 heterocycles. The van der Waals surface area contributed by atoms with Crippen molar-refractivity contribution in [1.82, 2.24) is 0 Å². The Bertz CT molecular complexity index is 806. The number of carboxylic acid groups (broad SMARTS) is 1. The smallest absolute Gasteiger partial charge is 0.320 e. The quantitative estimate of drug-likeness (QED) is 0.735. The number of hydrogen-bond acceptors (Lipinski definition) is 4. The molecule has 0 saturated heterocycles. The van der Waals surface area contributed by atoms with Crippen molar-refractivity contribution < 1.29 is 18.3 Å². The molecule has 6 nitrogen and oxygen atoms in total. The highest BCUT2D eigenvalue weighted by molar-refractivity contribution is 7.92. The number of nitrogens with one attached hydrogen (secondary N) is 1. The first-order chi connectivity index (χ1) is 10.8. The Morgan fingerprint density at radius 1 is 1.22 bits per heavy atom. The lowest BCUT2D eigenvalue weighted by Gasteiger charge is -2.10. The van der Waals surface area contributed by atoms with Gasteiger partial charge in [-0.3, -0.25) is 9.52 Å². The van der Waals surface area contributed by atoms with Gasteiger partial charge in [-0.1, -0.05) is 29.8 Å². The Morgan fingerprint density at radius 3 is 2.43 bits per heavy atom. The molecule has 0 aromatic heterocycles. The van der Waals surface area contributed by atoms with Crippen molar-refractivity contribution in [2.24, 2.45) is 5.73 Å². The second kappa shape index (κ2) is 6.99. The molecule has 0 radical (unpaired) electrons. The fourth-order valence-corrected chi connectivity index (χ4v) is 3.26. The number of aliphatic carboxylic acids is 1. The van der Waals surface area contributed by atoms with Crippen molar-refractivity contribution in [3.05, 3.63) is 59.1 Å². The van der Waals surface area contributed by atoms with Crippen LogP contribution in [0.15, 0.2) is 53.4 Å². The van der Waals surface area contributed by atoms with Gasteiger partial charge in [-0.25, -0.2) is 8.42 Å². The first-order valence-corrected chi connectivity index (χ1v) is 8.50. The average molecular weight is 355 g/mol. The number of carboxylic acids is 1. The van der Waals surface area contributed by atoms with Crippen LogP contribution in [0.2, 0.25) is 5.02 Å². The summed E-state index contributed by atoms with van der Waals surface area (Å²) in [5.41, 5.74) is 6.51. The molecule has 0 spiro atoms. The van der Waals surface area contributed by atoms with Gasteiger partial charge in [0.25, 0.3) is 10.0 Å². The predicted octanol–water partition coefficient (Wildman–Crippen LogP) is 2.10. The predicted molar refractivity (Wildman–Crippen MR) is 88.0 cm³/mol. The normalized spacial score (nSPS) is 12.6. The van der Waals surface area contributed by atoms with Crippen LogP contribution < -0.4 is 10.5 Å². The third kappa shape index (κ3) is 4.69. The minimum Gasteiger partial charge on any atom is -0.480 e. The van der Waals surface area contributed by atoms with Crippen molar-refractivity contribution in [2.45, 2.75) is 17.4 Å². The second-order valence-electron chi connectivity index (χ2n) is 4.91. The van der Waals surface area contributed by atoms with Gasteiger partial charge in [-0.05, 0) is 42.3 Å². The maximum absolute atomic E-state index is 12.2. The maximum Gasteiger partial charge on any atom is 0.320 e. The van der Waals surface area contributed by atoms with Gasteiger partial charge >= 0.3 is 5.97 Å². The van der Waals surface area contributed by atoms with Gasteiger partial charge < -0.3 is 10.8 Å². The minimum atomic E-state index is -3.74. The topological polar surface area (TPSA) is 109 Å². The third-order valence-electron chi connectivity index (χ3n) is 3.09. The molecule has 23 heavy (non-hydrogen) atoms. The molecule has 0 bridgehead atoms. The molecular formula is C15H15ClN2O4S. The van der Waals surface area contributed by atoms with E-state index in [0.717, 1.165) is 0 Å². The Hall–Kier alpha value is -2.09. The van der Waals surface area contributed by atoms with Crippen LogP contribution in [0.5, 0.6) is 0 Å². The summed E-state index contributed by atoms with van der Waals surface area (Å²) in [6, 6.07) is 11.3. The van der Waals surface area contributed by atoms with Gasteiger partial charge in [0.05, 0.1) is 4.90 Å². The molecule has 0 fully saturated rings. The van der Waals surface area contributed by atoms with E-state index in [4.69, 9.17) is 22.4 Å². The van der Waals surface area contributed by atoms with E-state index >= 15 is 0 Å². The van der Waals surface area contributed by atoms with Crippen molar-refractivity contribution in [2.75, 3.05) is 4.72 Å². The van der Waals surface area contributed by atoms with Gasteiger partial charge in [0, 0.05) is 10.7 Å². The summed E-state index contributed by atoms with van der Waals surface area (Å²) in [7, 11) is -3.74. The Labute approximate surface area is 138 Å². The highest BCUT2D eigenvalue weighted by Crippen LogP contribution is 2.19. The van der Waals surface area contributed by atoms with Crippen molar-refractivity contribution in [1.29, 1.82) is 0 Å². The molecule has 0 amide bonds. The maximum atomic E-state index is 12.2. The van der Waals surface area contributed by atoms with E-state index < -0.39 is 22.0 Å². The number of carbonyl (C=O) groups is 1. The van der Waals surface area contributed by atoms with Crippen LogP contribution in [0.3, 0.4) is 0 Å². The molecule has 0 aliphatic rings. The average Bonchev–Trinajstić information content (AvgIpc) is 2.49. The largest absolute Gasteiger partial charge is 0.480 e. The molecule has 2 aromatic rings. The van der Waals surface area contributed by atoms with Crippen molar-refractivity contribution >= 4 is 33.3 Å². The molecule has 8 heteroatoms.